The Kier molecular flexibility index (Phi) is 10.7. The molecule has 3 N–H and O–H groups in total. The Morgan fingerprint density at radius 2 is 1.59 bits per heavy atom. The number of carbonyl (C=O) groups excluding carboxylic acids is 1. The third-order valence-electron chi connectivity index (χ3n) is 4.65. The molecule has 2 aromatic carbocycles. The quantitative estimate of drug-likeness (QED) is 0.289. The number of hydrogen-bond acceptors (Lipinski definition) is 2. The smallest absolute Gasteiger partial charge is 0.226 e. The van der Waals surface area contributed by atoms with E-state index >= 15 is 0 Å². The van der Waals surface area contributed by atoms with Crippen LogP contribution in [0.25, 0.3) is 0 Å². The van der Waals surface area contributed by atoms with Gasteiger partial charge in [0.1, 0.15) is 0 Å². The second-order valence-corrected chi connectivity index (χ2v) is 7.46. The van der Waals surface area contributed by atoms with Gasteiger partial charge in [-0.15, -0.1) is 24.0 Å². The van der Waals surface area contributed by atoms with E-state index in [0.29, 0.717) is 12.5 Å². The van der Waals surface area contributed by atoms with E-state index in [0.717, 1.165) is 23.8 Å². The predicted octanol–water partition coefficient (Wildman–Crippen LogP) is 4.68. The van der Waals surface area contributed by atoms with Crippen LogP contribution in [0.15, 0.2) is 53.5 Å². The van der Waals surface area contributed by atoms with Gasteiger partial charge in [0, 0.05) is 31.7 Å². The molecular weight excluding hydrogens is 475 g/mol. The lowest BCUT2D eigenvalue weighted by Gasteiger charge is -2.17. The zero-order valence-electron chi connectivity index (χ0n) is 18.0. The minimum Gasteiger partial charge on any atom is -0.356 e. The third kappa shape index (κ3) is 8.43. The molecule has 0 heterocycles. The molecule has 0 fully saturated rings. The monoisotopic (exact) mass is 508 g/mol. The second-order valence-electron chi connectivity index (χ2n) is 7.46. The number of rotatable bonds is 7. The van der Waals surface area contributed by atoms with E-state index in [1.165, 1.54) is 11.1 Å². The number of amides is 1. The number of anilines is 1. The first-order valence-electron chi connectivity index (χ1n) is 9.80. The number of benzene rings is 2. The van der Waals surface area contributed by atoms with Crippen LogP contribution in [0, 0.1) is 12.8 Å². The Balaban J connectivity index is 0.00000420. The first-order valence-corrected chi connectivity index (χ1v) is 9.80. The average Bonchev–Trinajstić information content (AvgIpc) is 2.69. The summed E-state index contributed by atoms with van der Waals surface area (Å²) in [5.41, 5.74) is 4.53. The highest BCUT2D eigenvalue weighted by Gasteiger charge is 2.08. The van der Waals surface area contributed by atoms with Gasteiger partial charge < -0.3 is 16.0 Å². The first kappa shape index (κ1) is 24.9. The van der Waals surface area contributed by atoms with Gasteiger partial charge >= 0.3 is 0 Å². The summed E-state index contributed by atoms with van der Waals surface area (Å²) >= 11 is 0. The minimum absolute atomic E-state index is 0. The maximum atomic E-state index is 11.7. The maximum Gasteiger partial charge on any atom is 0.226 e. The number of hydrogen-bond donors (Lipinski definition) is 3. The van der Waals surface area contributed by atoms with E-state index in [1.807, 2.05) is 38.1 Å². The summed E-state index contributed by atoms with van der Waals surface area (Å²) in [6.45, 7) is 9.54. The number of nitrogens with zero attached hydrogens (tertiary/aromatic N) is 1. The molecule has 0 aliphatic rings. The lowest BCUT2D eigenvalue weighted by atomic mass is 10.0. The fraction of sp³-hybridized carbons (Fsp3) is 0.391. The Bertz CT molecular complexity index is 786. The molecule has 0 aromatic heterocycles. The van der Waals surface area contributed by atoms with E-state index in [9.17, 15) is 4.79 Å². The number of nitrogens with one attached hydrogen (secondary N) is 3. The topological polar surface area (TPSA) is 65.5 Å². The van der Waals surface area contributed by atoms with Crippen molar-refractivity contribution in [2.75, 3.05) is 18.9 Å². The van der Waals surface area contributed by atoms with Gasteiger partial charge in [0.25, 0.3) is 0 Å². The predicted molar refractivity (Wildman–Crippen MR) is 133 cm³/mol. The highest BCUT2D eigenvalue weighted by Crippen LogP contribution is 2.15. The van der Waals surface area contributed by atoms with Crippen molar-refractivity contribution < 1.29 is 4.79 Å². The Morgan fingerprint density at radius 1 is 0.966 bits per heavy atom. The van der Waals surface area contributed by atoms with Crippen LogP contribution < -0.4 is 16.0 Å². The summed E-state index contributed by atoms with van der Waals surface area (Å²) in [5, 5.41) is 9.62. The van der Waals surface area contributed by atoms with Gasteiger partial charge in [-0.1, -0.05) is 62.7 Å². The molecule has 0 radical (unpaired) electrons. The van der Waals surface area contributed by atoms with Gasteiger partial charge in [-0.05, 0) is 36.1 Å². The highest BCUT2D eigenvalue weighted by atomic mass is 127. The Hall–Kier alpha value is -2.09. The van der Waals surface area contributed by atoms with E-state index in [2.05, 4.69) is 59.1 Å². The molecule has 1 amide bonds. The van der Waals surface area contributed by atoms with Crippen LogP contribution in [-0.4, -0.2) is 25.5 Å². The van der Waals surface area contributed by atoms with Crippen molar-refractivity contribution in [3.8, 4) is 0 Å². The lowest BCUT2D eigenvalue weighted by Crippen LogP contribution is -2.38. The highest BCUT2D eigenvalue weighted by molar-refractivity contribution is 14.0. The van der Waals surface area contributed by atoms with Crippen molar-refractivity contribution in [3.05, 3.63) is 65.2 Å². The van der Waals surface area contributed by atoms with Crippen LogP contribution in [0.3, 0.4) is 0 Å². The summed E-state index contributed by atoms with van der Waals surface area (Å²) in [4.78, 5) is 16.0. The van der Waals surface area contributed by atoms with Crippen molar-refractivity contribution in [2.45, 2.75) is 40.2 Å². The normalized spacial score (nSPS) is 12.1. The Labute approximate surface area is 191 Å². The fourth-order valence-corrected chi connectivity index (χ4v) is 2.66. The number of aliphatic imine (C=N–C) groups is 1. The summed E-state index contributed by atoms with van der Waals surface area (Å²) in [6, 6.07) is 16.5. The van der Waals surface area contributed by atoms with Gasteiger partial charge in [0.15, 0.2) is 5.96 Å². The van der Waals surface area contributed by atoms with Crippen LogP contribution >= 0.6 is 24.0 Å². The molecular formula is C23H33IN4O. The molecule has 0 saturated heterocycles. The van der Waals surface area contributed by atoms with E-state index in [1.54, 1.807) is 7.05 Å². The fourth-order valence-electron chi connectivity index (χ4n) is 2.66. The molecule has 6 heteroatoms. The van der Waals surface area contributed by atoms with Crippen LogP contribution in [0.2, 0.25) is 0 Å². The largest absolute Gasteiger partial charge is 0.356 e. The second kappa shape index (κ2) is 12.5. The summed E-state index contributed by atoms with van der Waals surface area (Å²) < 4.78 is 0. The van der Waals surface area contributed by atoms with E-state index in [-0.39, 0.29) is 35.8 Å². The van der Waals surface area contributed by atoms with Crippen molar-refractivity contribution in [1.82, 2.24) is 10.6 Å². The number of halogens is 1. The summed E-state index contributed by atoms with van der Waals surface area (Å²) in [5.74, 6) is 1.16. The van der Waals surface area contributed by atoms with E-state index < -0.39 is 0 Å². The number of carbonyl (C=O) groups is 1. The van der Waals surface area contributed by atoms with Crippen molar-refractivity contribution >= 4 is 41.5 Å². The molecule has 1 atom stereocenters. The molecule has 2 aromatic rings. The zero-order chi connectivity index (χ0) is 20.5. The molecule has 0 saturated carbocycles. The maximum absolute atomic E-state index is 11.7. The molecule has 0 bridgehead atoms. The SMILES string of the molecule is CN=C(NCc1ccc(NC(=O)C(C)C)cc1)NCC(C)c1ccc(C)cc1.I. The average molecular weight is 508 g/mol. The third-order valence-corrected chi connectivity index (χ3v) is 4.65. The van der Waals surface area contributed by atoms with Gasteiger partial charge in [-0.25, -0.2) is 0 Å². The molecule has 5 nitrogen and oxygen atoms in total. The Morgan fingerprint density at radius 3 is 2.14 bits per heavy atom. The standard InChI is InChI=1S/C23H32N4O.HI/c1-16(2)22(28)27-21-12-8-19(9-13-21)15-26-23(24-5)25-14-18(4)20-10-6-17(3)7-11-20;/h6-13,16,18H,14-15H2,1-5H3,(H,27,28)(H2,24,25,26);1H. The number of aryl methyl sites for hydroxylation is 1. The molecule has 158 valence electrons. The van der Waals surface area contributed by atoms with Crippen molar-refractivity contribution in [2.24, 2.45) is 10.9 Å². The van der Waals surface area contributed by atoms with Crippen molar-refractivity contribution in [3.63, 3.8) is 0 Å². The van der Waals surface area contributed by atoms with Crippen LogP contribution in [0.4, 0.5) is 5.69 Å². The van der Waals surface area contributed by atoms with Gasteiger partial charge in [0.05, 0.1) is 0 Å². The zero-order valence-corrected chi connectivity index (χ0v) is 20.3. The van der Waals surface area contributed by atoms with Gasteiger partial charge in [-0.2, -0.15) is 0 Å². The molecule has 0 aliphatic heterocycles. The minimum atomic E-state index is -0.0296. The van der Waals surface area contributed by atoms with Crippen molar-refractivity contribution in [1.29, 1.82) is 0 Å². The first-order chi connectivity index (χ1) is 13.4. The molecule has 1 unspecified atom stereocenters. The van der Waals surface area contributed by atoms with Gasteiger partial charge in [0.2, 0.25) is 5.91 Å². The van der Waals surface area contributed by atoms with Gasteiger partial charge in [-0.3, -0.25) is 9.79 Å². The van der Waals surface area contributed by atoms with Crippen LogP contribution in [-0.2, 0) is 11.3 Å². The molecule has 29 heavy (non-hydrogen) atoms. The summed E-state index contributed by atoms with van der Waals surface area (Å²) in [7, 11) is 1.77. The molecule has 0 spiro atoms. The lowest BCUT2D eigenvalue weighted by molar-refractivity contribution is -0.118. The number of guanidine groups is 1. The molecule has 2 rings (SSSR count). The van der Waals surface area contributed by atoms with Crippen LogP contribution in [0.5, 0.6) is 0 Å². The van der Waals surface area contributed by atoms with Crippen LogP contribution in [0.1, 0.15) is 43.4 Å². The molecule has 0 aliphatic carbocycles. The van der Waals surface area contributed by atoms with E-state index in [4.69, 9.17) is 0 Å². The summed E-state index contributed by atoms with van der Waals surface area (Å²) in [6.07, 6.45) is 0.